The van der Waals surface area contributed by atoms with Crippen LogP contribution in [0.4, 0.5) is 5.82 Å². The van der Waals surface area contributed by atoms with Gasteiger partial charge in [0.2, 0.25) is 0 Å². The number of nitrogens with zero attached hydrogens (tertiary/aromatic N) is 2. The van der Waals surface area contributed by atoms with Gasteiger partial charge in [-0.25, -0.2) is 4.98 Å². The zero-order valence-corrected chi connectivity index (χ0v) is 9.97. The molecular formula is C12H13N3S. The minimum absolute atomic E-state index is 0.419. The number of aromatic nitrogens is 1. The summed E-state index contributed by atoms with van der Waals surface area (Å²) in [5, 5.41) is 9.62. The molecule has 2 aliphatic rings. The van der Waals surface area contributed by atoms with E-state index >= 15 is 0 Å². The van der Waals surface area contributed by atoms with Gasteiger partial charge >= 0.3 is 0 Å². The summed E-state index contributed by atoms with van der Waals surface area (Å²) in [5.41, 5.74) is 10.1. The van der Waals surface area contributed by atoms with E-state index in [-0.39, 0.29) is 0 Å². The molecule has 1 fully saturated rings. The van der Waals surface area contributed by atoms with Gasteiger partial charge in [-0.05, 0) is 36.8 Å². The lowest BCUT2D eigenvalue weighted by Crippen LogP contribution is -2.06. The fraction of sp³-hybridized carbons (Fsp3) is 0.500. The zero-order chi connectivity index (χ0) is 11.3. The van der Waals surface area contributed by atoms with Crippen LogP contribution < -0.4 is 5.73 Å². The number of anilines is 1. The predicted molar refractivity (Wildman–Crippen MR) is 65.0 cm³/mol. The smallest absolute Gasteiger partial charge is 0.141 e. The SMILES string of the molecule is CC1SCc2c1nc(N)c(C#N)c2C1CC1. The number of pyridine rings is 1. The number of hydrogen-bond donors (Lipinski definition) is 1. The van der Waals surface area contributed by atoms with E-state index in [4.69, 9.17) is 5.73 Å². The van der Waals surface area contributed by atoms with Crippen LogP contribution in [0.15, 0.2) is 0 Å². The number of fused-ring (bicyclic) bond motifs is 1. The molecule has 1 unspecified atom stereocenters. The third-order valence-electron chi connectivity index (χ3n) is 3.36. The molecule has 0 spiro atoms. The standard InChI is InChI=1S/C12H13N3S/c1-6-11-9(5-16-6)10(7-2-3-7)8(4-13)12(14)15-11/h6-7H,2-3,5H2,1H3,(H2,14,15). The van der Waals surface area contributed by atoms with Gasteiger partial charge in [0.15, 0.2) is 0 Å². The molecule has 1 aliphatic carbocycles. The Morgan fingerprint density at radius 1 is 1.50 bits per heavy atom. The maximum atomic E-state index is 9.20. The minimum Gasteiger partial charge on any atom is -0.383 e. The van der Waals surface area contributed by atoms with E-state index in [0.29, 0.717) is 22.5 Å². The van der Waals surface area contributed by atoms with Gasteiger partial charge in [-0.1, -0.05) is 0 Å². The highest BCUT2D eigenvalue weighted by Gasteiger charge is 2.35. The van der Waals surface area contributed by atoms with Crippen molar-refractivity contribution in [2.45, 2.75) is 36.7 Å². The Morgan fingerprint density at radius 3 is 2.88 bits per heavy atom. The molecule has 1 saturated carbocycles. The third-order valence-corrected chi connectivity index (χ3v) is 4.54. The summed E-state index contributed by atoms with van der Waals surface area (Å²) < 4.78 is 0. The molecule has 1 aromatic heterocycles. The first-order valence-corrected chi connectivity index (χ1v) is 6.61. The minimum atomic E-state index is 0.419. The van der Waals surface area contributed by atoms with Crippen LogP contribution in [0.3, 0.4) is 0 Å². The Hall–Kier alpha value is -1.21. The Kier molecular flexibility index (Phi) is 2.11. The molecule has 4 heteroatoms. The van der Waals surface area contributed by atoms with Gasteiger partial charge in [0.05, 0.1) is 11.3 Å². The van der Waals surface area contributed by atoms with Crippen LogP contribution in [0.2, 0.25) is 0 Å². The van der Waals surface area contributed by atoms with E-state index in [1.54, 1.807) is 0 Å². The first-order chi connectivity index (χ1) is 7.72. The highest BCUT2D eigenvalue weighted by atomic mass is 32.2. The molecule has 1 aromatic rings. The normalized spacial score (nSPS) is 22.9. The van der Waals surface area contributed by atoms with Gasteiger partial charge in [-0.3, -0.25) is 0 Å². The zero-order valence-electron chi connectivity index (χ0n) is 9.16. The molecule has 82 valence electrons. The van der Waals surface area contributed by atoms with Crippen molar-refractivity contribution < 1.29 is 0 Å². The van der Waals surface area contributed by atoms with Gasteiger partial charge in [0, 0.05) is 11.0 Å². The van der Waals surface area contributed by atoms with Crippen molar-refractivity contribution in [2.24, 2.45) is 0 Å². The summed E-state index contributed by atoms with van der Waals surface area (Å²) in [6.45, 7) is 2.16. The van der Waals surface area contributed by atoms with Gasteiger partial charge in [0.1, 0.15) is 11.9 Å². The lowest BCUT2D eigenvalue weighted by Gasteiger charge is -2.11. The van der Waals surface area contributed by atoms with Crippen LogP contribution in [0, 0.1) is 11.3 Å². The quantitative estimate of drug-likeness (QED) is 0.807. The fourth-order valence-corrected chi connectivity index (χ4v) is 3.47. The number of nitrogen functional groups attached to an aromatic ring is 1. The van der Waals surface area contributed by atoms with E-state index in [1.807, 2.05) is 11.8 Å². The second kappa shape index (κ2) is 3.39. The van der Waals surface area contributed by atoms with Crippen LogP contribution >= 0.6 is 11.8 Å². The van der Waals surface area contributed by atoms with Crippen molar-refractivity contribution >= 4 is 17.6 Å². The number of thioether (sulfide) groups is 1. The van der Waals surface area contributed by atoms with Crippen LogP contribution in [0.5, 0.6) is 0 Å². The van der Waals surface area contributed by atoms with Crippen molar-refractivity contribution in [2.75, 3.05) is 5.73 Å². The average Bonchev–Trinajstić information content (AvgIpc) is 3.04. The second-order valence-electron chi connectivity index (χ2n) is 4.49. The molecule has 2 N–H and O–H groups in total. The molecule has 0 amide bonds. The largest absolute Gasteiger partial charge is 0.383 e. The number of rotatable bonds is 1. The van der Waals surface area contributed by atoms with Crippen molar-refractivity contribution in [1.82, 2.24) is 4.98 Å². The molecule has 0 bridgehead atoms. The Labute approximate surface area is 99.0 Å². The highest BCUT2D eigenvalue weighted by Crippen LogP contribution is 2.50. The van der Waals surface area contributed by atoms with E-state index in [0.717, 1.165) is 11.4 Å². The van der Waals surface area contributed by atoms with Crippen LogP contribution in [-0.2, 0) is 5.75 Å². The predicted octanol–water partition coefficient (Wildman–Crippen LogP) is 2.72. The van der Waals surface area contributed by atoms with Crippen molar-refractivity contribution in [3.05, 3.63) is 22.4 Å². The van der Waals surface area contributed by atoms with Crippen LogP contribution in [-0.4, -0.2) is 4.98 Å². The lowest BCUT2D eigenvalue weighted by molar-refractivity contribution is 0.975. The Balaban J connectivity index is 2.27. The molecule has 1 aliphatic heterocycles. The fourth-order valence-electron chi connectivity index (χ4n) is 2.40. The van der Waals surface area contributed by atoms with E-state index in [9.17, 15) is 5.26 Å². The number of hydrogen-bond acceptors (Lipinski definition) is 4. The molecule has 3 nitrogen and oxygen atoms in total. The summed E-state index contributed by atoms with van der Waals surface area (Å²) in [6, 6.07) is 2.23. The molecule has 0 saturated heterocycles. The summed E-state index contributed by atoms with van der Waals surface area (Å²) >= 11 is 1.89. The molecule has 3 rings (SSSR count). The lowest BCUT2D eigenvalue weighted by atomic mass is 9.97. The molecule has 1 atom stereocenters. The monoisotopic (exact) mass is 231 g/mol. The first-order valence-electron chi connectivity index (χ1n) is 5.56. The topological polar surface area (TPSA) is 62.7 Å². The van der Waals surface area contributed by atoms with Gasteiger partial charge in [0.25, 0.3) is 0 Å². The van der Waals surface area contributed by atoms with Crippen molar-refractivity contribution in [3.8, 4) is 6.07 Å². The van der Waals surface area contributed by atoms with E-state index in [1.165, 1.54) is 24.0 Å². The summed E-state index contributed by atoms with van der Waals surface area (Å²) in [7, 11) is 0. The van der Waals surface area contributed by atoms with Gasteiger partial charge in [-0.15, -0.1) is 11.8 Å². The Bertz CT molecular complexity index is 500. The molecular weight excluding hydrogens is 218 g/mol. The molecule has 0 aromatic carbocycles. The van der Waals surface area contributed by atoms with Gasteiger partial charge in [-0.2, -0.15) is 5.26 Å². The summed E-state index contributed by atoms with van der Waals surface area (Å²) in [4.78, 5) is 4.41. The van der Waals surface area contributed by atoms with E-state index in [2.05, 4.69) is 18.0 Å². The highest BCUT2D eigenvalue weighted by molar-refractivity contribution is 7.99. The van der Waals surface area contributed by atoms with Gasteiger partial charge < -0.3 is 5.73 Å². The summed E-state index contributed by atoms with van der Waals surface area (Å²) in [6.07, 6.45) is 2.40. The average molecular weight is 231 g/mol. The maximum absolute atomic E-state index is 9.20. The molecule has 2 heterocycles. The van der Waals surface area contributed by atoms with Crippen molar-refractivity contribution in [3.63, 3.8) is 0 Å². The molecule has 0 radical (unpaired) electrons. The third kappa shape index (κ3) is 1.31. The van der Waals surface area contributed by atoms with Crippen LogP contribution in [0.25, 0.3) is 0 Å². The first kappa shape index (κ1) is 9.98. The van der Waals surface area contributed by atoms with Crippen LogP contribution in [0.1, 0.15) is 53.3 Å². The Morgan fingerprint density at radius 2 is 2.25 bits per heavy atom. The number of nitriles is 1. The molecule has 16 heavy (non-hydrogen) atoms. The van der Waals surface area contributed by atoms with E-state index < -0.39 is 0 Å². The summed E-state index contributed by atoms with van der Waals surface area (Å²) in [5.74, 6) is 1.99. The second-order valence-corrected chi connectivity index (χ2v) is 5.82. The number of nitrogens with two attached hydrogens (primary N) is 1. The maximum Gasteiger partial charge on any atom is 0.141 e. The van der Waals surface area contributed by atoms with Crippen molar-refractivity contribution in [1.29, 1.82) is 5.26 Å².